The summed E-state index contributed by atoms with van der Waals surface area (Å²) in [5, 5.41) is 0. The molecule has 0 fully saturated rings. The van der Waals surface area contributed by atoms with E-state index >= 15 is 0 Å². The lowest BCUT2D eigenvalue weighted by molar-refractivity contribution is -0.129. The summed E-state index contributed by atoms with van der Waals surface area (Å²) in [5.74, 6) is 0.134. The summed E-state index contributed by atoms with van der Waals surface area (Å²) < 4.78 is 0. The summed E-state index contributed by atoms with van der Waals surface area (Å²) in [6.45, 7) is 13.6. The zero-order chi connectivity index (χ0) is 26.1. The van der Waals surface area contributed by atoms with Gasteiger partial charge in [-0.15, -0.1) is 0 Å². The molecule has 3 atom stereocenters. The van der Waals surface area contributed by atoms with E-state index < -0.39 is 0 Å². The molecule has 1 aromatic carbocycles. The number of benzene rings is 1. The highest BCUT2D eigenvalue weighted by atomic mass is 16.1. The van der Waals surface area contributed by atoms with Crippen LogP contribution >= 0.6 is 0 Å². The molecule has 3 unspecified atom stereocenters. The van der Waals surface area contributed by atoms with Crippen LogP contribution in [0.25, 0.3) is 0 Å². The van der Waals surface area contributed by atoms with E-state index in [1.54, 1.807) is 6.92 Å². The molecule has 0 radical (unpaired) electrons. The number of hydrogen-bond donors (Lipinski definition) is 0. The average molecular weight is 479 g/mol. The van der Waals surface area contributed by atoms with E-state index in [0.717, 1.165) is 71.9 Å². The highest BCUT2D eigenvalue weighted by Gasteiger charge is 2.44. The molecule has 2 aliphatic carbocycles. The summed E-state index contributed by atoms with van der Waals surface area (Å²) in [4.78, 5) is 50.4. The first kappa shape index (κ1) is 27.2. The minimum Gasteiger partial charge on any atom is -0.300 e. The van der Waals surface area contributed by atoms with Crippen molar-refractivity contribution in [2.45, 2.75) is 105 Å². The van der Waals surface area contributed by atoms with Crippen LogP contribution in [-0.2, 0) is 26.2 Å². The van der Waals surface area contributed by atoms with Gasteiger partial charge in [-0.05, 0) is 93.7 Å². The van der Waals surface area contributed by atoms with Crippen molar-refractivity contribution in [2.75, 3.05) is 0 Å². The van der Waals surface area contributed by atoms with Gasteiger partial charge in [0.2, 0.25) is 0 Å². The topological polar surface area (TPSA) is 68.3 Å². The lowest BCUT2D eigenvalue weighted by Crippen LogP contribution is -2.38. The molecule has 0 aliphatic heterocycles. The fourth-order valence-corrected chi connectivity index (χ4v) is 6.83. The van der Waals surface area contributed by atoms with Gasteiger partial charge in [0.1, 0.15) is 17.3 Å². The van der Waals surface area contributed by atoms with Crippen molar-refractivity contribution in [3.05, 3.63) is 45.5 Å². The van der Waals surface area contributed by atoms with E-state index in [2.05, 4.69) is 39.8 Å². The molecule has 35 heavy (non-hydrogen) atoms. The summed E-state index contributed by atoms with van der Waals surface area (Å²) in [6, 6.07) is 4.32. The van der Waals surface area contributed by atoms with Crippen molar-refractivity contribution >= 4 is 23.1 Å². The average Bonchev–Trinajstić information content (AvgIpc) is 2.72. The molecule has 0 heterocycles. The number of rotatable bonds is 10. The van der Waals surface area contributed by atoms with E-state index in [1.165, 1.54) is 6.92 Å². The fourth-order valence-electron chi connectivity index (χ4n) is 6.83. The Morgan fingerprint density at radius 1 is 1.06 bits per heavy atom. The molecule has 0 saturated carbocycles. The minimum absolute atomic E-state index is 0.0323. The first-order chi connectivity index (χ1) is 16.4. The van der Waals surface area contributed by atoms with E-state index in [9.17, 15) is 19.2 Å². The molecule has 0 aromatic heterocycles. The van der Waals surface area contributed by atoms with Crippen LogP contribution in [0.5, 0.6) is 0 Å². The van der Waals surface area contributed by atoms with Gasteiger partial charge in [0.05, 0.1) is 6.42 Å². The number of allylic oxidation sites excluding steroid dienone is 2. The molecule has 0 N–H and O–H groups in total. The summed E-state index contributed by atoms with van der Waals surface area (Å²) >= 11 is 0. The third-order valence-electron chi connectivity index (χ3n) is 8.34. The lowest BCUT2D eigenvalue weighted by atomic mass is 9.61. The van der Waals surface area contributed by atoms with Crippen molar-refractivity contribution in [1.82, 2.24) is 0 Å². The van der Waals surface area contributed by atoms with Gasteiger partial charge in [-0.2, -0.15) is 0 Å². The Hall–Kier alpha value is -2.36. The van der Waals surface area contributed by atoms with E-state index in [4.69, 9.17) is 0 Å². The Bertz CT molecular complexity index is 1070. The van der Waals surface area contributed by atoms with Crippen molar-refractivity contribution in [2.24, 2.45) is 17.8 Å². The van der Waals surface area contributed by atoms with Crippen LogP contribution in [0.4, 0.5) is 0 Å². The number of carbonyl (C=O) groups excluding carboxylic acids is 4. The third-order valence-corrected chi connectivity index (χ3v) is 8.34. The quantitative estimate of drug-likeness (QED) is 0.351. The maximum Gasteiger partial charge on any atom is 0.189 e. The second kappa shape index (κ2) is 10.7. The minimum atomic E-state index is -0.331. The standard InChI is InChI=1S/C31H42O4/c1-8-10-22-16-24-17-23-12-13-25(31(6,7)14-9-11-18(2)32)20(4)28(23)30(35)29(24)21(5)27(22)26(34)15-19(3)33/h12-13,22,24,27H,8-11,14-17H2,1-7H3. The number of ketones is 4. The van der Waals surface area contributed by atoms with Crippen molar-refractivity contribution in [1.29, 1.82) is 0 Å². The molecule has 0 bridgehead atoms. The smallest absolute Gasteiger partial charge is 0.189 e. The Labute approximate surface area is 210 Å². The van der Waals surface area contributed by atoms with Gasteiger partial charge in [-0.1, -0.05) is 44.9 Å². The normalized spacial score (nSPS) is 22.0. The zero-order valence-electron chi connectivity index (χ0n) is 22.7. The van der Waals surface area contributed by atoms with Gasteiger partial charge in [0, 0.05) is 23.5 Å². The third kappa shape index (κ3) is 5.57. The SMILES string of the molecule is CCCC1CC2Cc3ccc(C(C)(C)CCCC(C)=O)c(C)c3C(=O)C2=C(C)C1C(=O)CC(C)=O. The van der Waals surface area contributed by atoms with Crippen LogP contribution < -0.4 is 0 Å². The Morgan fingerprint density at radius 2 is 1.74 bits per heavy atom. The van der Waals surface area contributed by atoms with Gasteiger partial charge < -0.3 is 4.79 Å². The maximum atomic E-state index is 14.0. The highest BCUT2D eigenvalue weighted by molar-refractivity contribution is 6.13. The largest absolute Gasteiger partial charge is 0.300 e. The first-order valence-electron chi connectivity index (χ1n) is 13.3. The van der Waals surface area contributed by atoms with Crippen LogP contribution in [0.3, 0.4) is 0 Å². The van der Waals surface area contributed by atoms with Gasteiger partial charge in [-0.3, -0.25) is 14.4 Å². The van der Waals surface area contributed by atoms with Gasteiger partial charge in [0.15, 0.2) is 5.78 Å². The molecular formula is C31H42O4. The number of hydrogen-bond acceptors (Lipinski definition) is 4. The van der Waals surface area contributed by atoms with Gasteiger partial charge in [-0.25, -0.2) is 0 Å². The number of fused-ring (bicyclic) bond motifs is 2. The van der Waals surface area contributed by atoms with Crippen molar-refractivity contribution in [3.63, 3.8) is 0 Å². The van der Waals surface area contributed by atoms with Crippen LogP contribution in [0.1, 0.15) is 114 Å². The van der Waals surface area contributed by atoms with E-state index in [1.807, 2.05) is 6.92 Å². The predicted molar refractivity (Wildman–Crippen MR) is 140 cm³/mol. The van der Waals surface area contributed by atoms with Gasteiger partial charge in [0.25, 0.3) is 0 Å². The second-order valence-corrected chi connectivity index (χ2v) is 11.6. The molecule has 0 saturated heterocycles. The van der Waals surface area contributed by atoms with Crippen LogP contribution in [0.15, 0.2) is 23.3 Å². The molecule has 0 amide bonds. The molecule has 3 rings (SSSR count). The Balaban J connectivity index is 2.03. The second-order valence-electron chi connectivity index (χ2n) is 11.6. The highest BCUT2D eigenvalue weighted by Crippen LogP contribution is 2.47. The van der Waals surface area contributed by atoms with Crippen LogP contribution in [0, 0.1) is 24.7 Å². The molecular weight excluding hydrogens is 436 g/mol. The van der Waals surface area contributed by atoms with Crippen LogP contribution in [0.2, 0.25) is 0 Å². The van der Waals surface area contributed by atoms with Crippen molar-refractivity contribution < 1.29 is 19.2 Å². The summed E-state index contributed by atoms with van der Waals surface area (Å²) in [5.41, 5.74) is 5.68. The molecule has 4 nitrogen and oxygen atoms in total. The van der Waals surface area contributed by atoms with Crippen molar-refractivity contribution in [3.8, 4) is 0 Å². The Morgan fingerprint density at radius 3 is 2.34 bits per heavy atom. The van der Waals surface area contributed by atoms with Gasteiger partial charge >= 0.3 is 0 Å². The molecule has 0 spiro atoms. The fraction of sp³-hybridized carbons (Fsp3) is 0.613. The molecule has 1 aromatic rings. The maximum absolute atomic E-state index is 14.0. The first-order valence-corrected chi connectivity index (χ1v) is 13.3. The predicted octanol–water partition coefficient (Wildman–Crippen LogP) is 6.69. The zero-order valence-corrected chi connectivity index (χ0v) is 22.7. The number of carbonyl (C=O) groups is 4. The van der Waals surface area contributed by atoms with E-state index in [-0.39, 0.29) is 52.7 Å². The van der Waals surface area contributed by atoms with E-state index in [0.29, 0.717) is 6.42 Å². The van der Waals surface area contributed by atoms with Crippen LogP contribution in [-0.4, -0.2) is 23.1 Å². The Kier molecular flexibility index (Phi) is 8.34. The summed E-state index contributed by atoms with van der Waals surface area (Å²) in [6.07, 6.45) is 5.81. The lowest BCUT2D eigenvalue weighted by Gasteiger charge is -2.41. The monoisotopic (exact) mass is 478 g/mol. The molecule has 190 valence electrons. The molecule has 4 heteroatoms. The molecule has 2 aliphatic rings. The summed E-state index contributed by atoms with van der Waals surface area (Å²) in [7, 11) is 0. The number of Topliss-reactive ketones (excluding diaryl/α,β-unsaturated/α-hetero) is 4.